The molecule has 1 aromatic carbocycles. The lowest BCUT2D eigenvalue weighted by atomic mass is 10.2. The zero-order valence-electron chi connectivity index (χ0n) is 16.8. The smallest absolute Gasteiger partial charge is 0.321 e. The number of thiophene rings is 1. The van der Waals surface area contributed by atoms with E-state index in [-0.39, 0.29) is 17.0 Å². The summed E-state index contributed by atoms with van der Waals surface area (Å²) >= 11 is 1.28. The van der Waals surface area contributed by atoms with E-state index < -0.39 is 17.8 Å². The van der Waals surface area contributed by atoms with Crippen molar-refractivity contribution in [3.63, 3.8) is 0 Å². The standard InChI is InChI=1S/C22H15F3N6OS/c23-22(24,25)19-11-16(18-6-2-9-33-18)28-20-12-17(29-31(19)20)21(32)27-15-5-1-4-14(10-15)13-30-8-3-7-26-30/h1-12H,13H2,(H,27,32). The van der Waals surface area contributed by atoms with Gasteiger partial charge in [-0.15, -0.1) is 11.3 Å². The van der Waals surface area contributed by atoms with Crippen LogP contribution in [0.15, 0.2) is 72.4 Å². The van der Waals surface area contributed by atoms with Gasteiger partial charge in [0, 0.05) is 24.1 Å². The summed E-state index contributed by atoms with van der Waals surface area (Å²) in [7, 11) is 0. The summed E-state index contributed by atoms with van der Waals surface area (Å²) in [5, 5.41) is 12.5. The van der Waals surface area contributed by atoms with Gasteiger partial charge >= 0.3 is 6.18 Å². The van der Waals surface area contributed by atoms with Gasteiger partial charge in [0.1, 0.15) is 0 Å². The number of carbonyl (C=O) groups excluding carboxylic acids is 1. The van der Waals surface area contributed by atoms with Crippen LogP contribution in [0, 0.1) is 0 Å². The molecule has 0 bridgehead atoms. The molecular weight excluding hydrogens is 453 g/mol. The van der Waals surface area contributed by atoms with E-state index in [2.05, 4.69) is 20.5 Å². The van der Waals surface area contributed by atoms with E-state index >= 15 is 0 Å². The molecule has 4 heterocycles. The quantitative estimate of drug-likeness (QED) is 0.395. The molecule has 11 heteroatoms. The number of halogens is 3. The Morgan fingerprint density at radius 1 is 1.09 bits per heavy atom. The minimum Gasteiger partial charge on any atom is -0.321 e. The van der Waals surface area contributed by atoms with Gasteiger partial charge in [0.25, 0.3) is 5.91 Å². The van der Waals surface area contributed by atoms with Crippen molar-refractivity contribution in [1.29, 1.82) is 0 Å². The maximum Gasteiger partial charge on any atom is 0.433 e. The third-order valence-corrected chi connectivity index (χ3v) is 5.70. The molecule has 0 aliphatic carbocycles. The summed E-state index contributed by atoms with van der Waals surface area (Å²) in [5.41, 5.74) is 0.317. The third-order valence-electron chi connectivity index (χ3n) is 4.81. The van der Waals surface area contributed by atoms with Crippen molar-refractivity contribution in [2.45, 2.75) is 12.7 Å². The number of alkyl halides is 3. The van der Waals surface area contributed by atoms with Crippen molar-refractivity contribution in [1.82, 2.24) is 24.4 Å². The molecule has 1 N–H and O–H groups in total. The number of hydrogen-bond acceptors (Lipinski definition) is 5. The summed E-state index contributed by atoms with van der Waals surface area (Å²) in [6.07, 6.45) is -1.19. The zero-order chi connectivity index (χ0) is 23.0. The number of carbonyl (C=O) groups is 1. The molecule has 166 valence electrons. The first kappa shape index (κ1) is 20.9. The van der Waals surface area contributed by atoms with Crippen molar-refractivity contribution in [3.8, 4) is 10.6 Å². The molecule has 0 saturated carbocycles. The van der Waals surface area contributed by atoms with E-state index in [4.69, 9.17) is 0 Å². The van der Waals surface area contributed by atoms with Crippen molar-refractivity contribution in [2.24, 2.45) is 0 Å². The predicted molar refractivity (Wildman–Crippen MR) is 117 cm³/mol. The van der Waals surface area contributed by atoms with Crippen LogP contribution in [0.4, 0.5) is 18.9 Å². The van der Waals surface area contributed by atoms with Crippen LogP contribution in [0.25, 0.3) is 16.2 Å². The Balaban J connectivity index is 1.46. The molecule has 0 spiro atoms. The molecule has 33 heavy (non-hydrogen) atoms. The average Bonchev–Trinajstić information content (AvgIpc) is 3.53. The van der Waals surface area contributed by atoms with Crippen LogP contribution in [0.2, 0.25) is 0 Å². The second kappa shape index (κ2) is 8.17. The lowest BCUT2D eigenvalue weighted by Crippen LogP contribution is -2.15. The average molecular weight is 468 g/mol. The summed E-state index contributed by atoms with van der Waals surface area (Å²) in [4.78, 5) is 17.6. The highest BCUT2D eigenvalue weighted by molar-refractivity contribution is 7.13. The fraction of sp³-hybridized carbons (Fsp3) is 0.0909. The van der Waals surface area contributed by atoms with E-state index in [1.807, 2.05) is 18.3 Å². The molecule has 0 aliphatic heterocycles. The van der Waals surface area contributed by atoms with Crippen molar-refractivity contribution < 1.29 is 18.0 Å². The molecule has 5 aromatic rings. The zero-order valence-corrected chi connectivity index (χ0v) is 17.6. The number of fused-ring (bicyclic) bond motifs is 1. The molecule has 0 radical (unpaired) electrons. The van der Waals surface area contributed by atoms with Gasteiger partial charge < -0.3 is 5.32 Å². The normalized spacial score (nSPS) is 11.7. The molecule has 7 nitrogen and oxygen atoms in total. The van der Waals surface area contributed by atoms with Gasteiger partial charge in [0.15, 0.2) is 17.0 Å². The fourth-order valence-electron chi connectivity index (χ4n) is 3.36. The number of benzene rings is 1. The maximum atomic E-state index is 13.7. The van der Waals surface area contributed by atoms with Crippen molar-refractivity contribution in [2.75, 3.05) is 5.32 Å². The number of nitrogens with one attached hydrogen (secondary N) is 1. The summed E-state index contributed by atoms with van der Waals surface area (Å²) in [6, 6.07) is 14.5. The number of hydrogen-bond donors (Lipinski definition) is 1. The van der Waals surface area contributed by atoms with Crippen LogP contribution < -0.4 is 5.32 Å². The first-order valence-corrected chi connectivity index (χ1v) is 10.6. The lowest BCUT2D eigenvalue weighted by molar-refractivity contribution is -0.142. The predicted octanol–water partition coefficient (Wildman–Crippen LogP) is 4.97. The number of anilines is 1. The topological polar surface area (TPSA) is 77.1 Å². The second-order valence-electron chi connectivity index (χ2n) is 7.16. The number of amides is 1. The van der Waals surface area contributed by atoms with Gasteiger partial charge in [-0.25, -0.2) is 9.50 Å². The van der Waals surface area contributed by atoms with Gasteiger partial charge in [0.05, 0.1) is 17.1 Å². The molecule has 5 rings (SSSR count). The van der Waals surface area contributed by atoms with Gasteiger partial charge in [0.2, 0.25) is 0 Å². The van der Waals surface area contributed by atoms with Gasteiger partial charge in [-0.2, -0.15) is 23.4 Å². The van der Waals surface area contributed by atoms with E-state index in [1.165, 1.54) is 17.4 Å². The molecule has 0 atom stereocenters. The van der Waals surface area contributed by atoms with Crippen molar-refractivity contribution >= 4 is 28.6 Å². The summed E-state index contributed by atoms with van der Waals surface area (Å²) < 4.78 is 43.5. The van der Waals surface area contributed by atoms with E-state index in [9.17, 15) is 18.0 Å². The van der Waals surface area contributed by atoms with Crippen molar-refractivity contribution in [3.05, 3.63) is 89.3 Å². The molecule has 0 fully saturated rings. The Hall–Kier alpha value is -3.99. The maximum absolute atomic E-state index is 13.7. The largest absolute Gasteiger partial charge is 0.433 e. The van der Waals surface area contributed by atoms with Crippen LogP contribution >= 0.6 is 11.3 Å². The minimum atomic E-state index is -4.67. The number of nitrogens with zero attached hydrogens (tertiary/aromatic N) is 5. The fourth-order valence-corrected chi connectivity index (χ4v) is 4.05. The summed E-state index contributed by atoms with van der Waals surface area (Å²) in [5.74, 6) is -0.637. The molecule has 0 saturated heterocycles. The molecular formula is C22H15F3N6OS. The number of aromatic nitrogens is 5. The van der Waals surface area contributed by atoms with E-state index in [0.29, 0.717) is 21.6 Å². The Labute approximate surface area is 189 Å². The van der Waals surface area contributed by atoms with Gasteiger partial charge in [-0.05, 0) is 41.3 Å². The third kappa shape index (κ3) is 4.35. The molecule has 4 aromatic heterocycles. The monoisotopic (exact) mass is 468 g/mol. The first-order valence-electron chi connectivity index (χ1n) is 9.76. The molecule has 0 aliphatic rings. The highest BCUT2D eigenvalue weighted by Crippen LogP contribution is 2.33. The Kier molecular flexibility index (Phi) is 5.17. The van der Waals surface area contributed by atoms with Gasteiger partial charge in [-0.3, -0.25) is 9.48 Å². The van der Waals surface area contributed by atoms with E-state index in [1.54, 1.807) is 46.6 Å². The Morgan fingerprint density at radius 2 is 1.97 bits per heavy atom. The Morgan fingerprint density at radius 3 is 2.70 bits per heavy atom. The Bertz CT molecular complexity index is 1420. The second-order valence-corrected chi connectivity index (χ2v) is 8.11. The van der Waals surface area contributed by atoms with Crippen LogP contribution in [0.5, 0.6) is 0 Å². The molecule has 0 unspecified atom stereocenters. The van der Waals surface area contributed by atoms with Crippen LogP contribution in [-0.2, 0) is 12.7 Å². The first-order chi connectivity index (χ1) is 15.9. The minimum absolute atomic E-state index is 0.0641. The van der Waals surface area contributed by atoms with Gasteiger partial charge in [-0.1, -0.05) is 18.2 Å². The highest BCUT2D eigenvalue weighted by Gasteiger charge is 2.35. The number of rotatable bonds is 5. The highest BCUT2D eigenvalue weighted by atomic mass is 32.1. The van der Waals surface area contributed by atoms with Crippen LogP contribution in [0.3, 0.4) is 0 Å². The van der Waals surface area contributed by atoms with Crippen LogP contribution in [-0.4, -0.2) is 30.3 Å². The lowest BCUT2D eigenvalue weighted by Gasteiger charge is -2.10. The van der Waals surface area contributed by atoms with Crippen LogP contribution in [0.1, 0.15) is 21.7 Å². The molecule has 1 amide bonds. The summed E-state index contributed by atoms with van der Waals surface area (Å²) in [6.45, 7) is 0.509. The SMILES string of the molecule is O=C(Nc1cccc(Cn2cccn2)c1)c1cc2nc(-c3cccs3)cc(C(F)(F)F)n2n1. The van der Waals surface area contributed by atoms with E-state index in [0.717, 1.165) is 11.6 Å².